The second-order valence-corrected chi connectivity index (χ2v) is 5.27. The van der Waals surface area contributed by atoms with Crippen LogP contribution >= 0.6 is 0 Å². The first kappa shape index (κ1) is 15.3. The Bertz CT molecular complexity index is 438. The summed E-state index contributed by atoms with van der Waals surface area (Å²) in [5, 5.41) is 12.0. The maximum absolute atomic E-state index is 10.5. The molecule has 0 aromatic heterocycles. The van der Waals surface area contributed by atoms with Gasteiger partial charge in [0.1, 0.15) is 0 Å². The summed E-state index contributed by atoms with van der Waals surface area (Å²) in [4.78, 5) is 10.5. The van der Waals surface area contributed by atoms with Gasteiger partial charge in [-0.05, 0) is 38.5 Å². The van der Waals surface area contributed by atoms with Crippen molar-refractivity contribution in [2.75, 3.05) is 13.7 Å². The van der Waals surface area contributed by atoms with Gasteiger partial charge in [0.05, 0.1) is 7.11 Å². The number of rotatable bonds is 6. The fraction of sp³-hybridized carbons (Fsp3) is 0.500. The zero-order valence-electron chi connectivity index (χ0n) is 11.8. The third-order valence-corrected chi connectivity index (χ3v) is 2.40. The molecular weight excluding hydrogens is 246 g/mol. The summed E-state index contributed by atoms with van der Waals surface area (Å²) in [5.41, 5.74) is 1.08. The van der Waals surface area contributed by atoms with Gasteiger partial charge in [0.25, 0.3) is 0 Å². The van der Waals surface area contributed by atoms with Crippen molar-refractivity contribution in [3.63, 3.8) is 0 Å². The third kappa shape index (κ3) is 5.61. The molecule has 0 heterocycles. The standard InChI is InChI=1S/C14H21NO4/c1-14(2,3)15-8-10-5-6-11(12(7-10)18-4)19-9-13(16)17/h5-7,15H,8-9H2,1-4H3,(H,16,17). The van der Waals surface area contributed by atoms with E-state index in [1.54, 1.807) is 6.07 Å². The molecule has 5 nitrogen and oxygen atoms in total. The first-order valence-corrected chi connectivity index (χ1v) is 6.08. The molecule has 0 saturated heterocycles. The van der Waals surface area contributed by atoms with Crippen LogP contribution in [0.25, 0.3) is 0 Å². The smallest absolute Gasteiger partial charge is 0.341 e. The Morgan fingerprint density at radius 3 is 2.53 bits per heavy atom. The van der Waals surface area contributed by atoms with E-state index < -0.39 is 5.97 Å². The number of hydrogen-bond donors (Lipinski definition) is 2. The highest BCUT2D eigenvalue weighted by Gasteiger charge is 2.11. The minimum Gasteiger partial charge on any atom is -0.493 e. The molecule has 0 aliphatic heterocycles. The highest BCUT2D eigenvalue weighted by atomic mass is 16.5. The lowest BCUT2D eigenvalue weighted by Gasteiger charge is -2.21. The van der Waals surface area contributed by atoms with Gasteiger partial charge in [-0.3, -0.25) is 0 Å². The maximum atomic E-state index is 10.5. The van der Waals surface area contributed by atoms with Crippen LogP contribution in [0.15, 0.2) is 18.2 Å². The topological polar surface area (TPSA) is 67.8 Å². The van der Waals surface area contributed by atoms with E-state index in [1.165, 1.54) is 7.11 Å². The Kier molecular flexibility index (Phi) is 5.18. The van der Waals surface area contributed by atoms with Crippen molar-refractivity contribution in [1.29, 1.82) is 0 Å². The van der Waals surface area contributed by atoms with Gasteiger partial charge in [0, 0.05) is 12.1 Å². The highest BCUT2D eigenvalue weighted by Crippen LogP contribution is 2.28. The molecule has 0 atom stereocenters. The van der Waals surface area contributed by atoms with Gasteiger partial charge in [0.2, 0.25) is 0 Å². The highest BCUT2D eigenvalue weighted by molar-refractivity contribution is 5.68. The number of nitrogens with one attached hydrogen (secondary N) is 1. The Balaban J connectivity index is 2.75. The molecule has 1 aromatic rings. The normalized spacial score (nSPS) is 11.2. The summed E-state index contributed by atoms with van der Waals surface area (Å²) in [7, 11) is 1.53. The monoisotopic (exact) mass is 267 g/mol. The van der Waals surface area contributed by atoms with Crippen molar-refractivity contribution in [3.8, 4) is 11.5 Å². The van der Waals surface area contributed by atoms with Gasteiger partial charge < -0.3 is 19.9 Å². The Morgan fingerprint density at radius 1 is 1.32 bits per heavy atom. The van der Waals surface area contributed by atoms with E-state index in [4.69, 9.17) is 14.6 Å². The van der Waals surface area contributed by atoms with Crippen molar-refractivity contribution in [2.45, 2.75) is 32.9 Å². The molecule has 0 amide bonds. The van der Waals surface area contributed by atoms with E-state index in [0.29, 0.717) is 18.0 Å². The predicted molar refractivity (Wildman–Crippen MR) is 72.7 cm³/mol. The van der Waals surface area contributed by atoms with Crippen molar-refractivity contribution >= 4 is 5.97 Å². The third-order valence-electron chi connectivity index (χ3n) is 2.40. The lowest BCUT2D eigenvalue weighted by atomic mass is 10.1. The Labute approximate surface area is 113 Å². The van der Waals surface area contributed by atoms with Crippen LogP contribution in [-0.2, 0) is 11.3 Å². The molecule has 106 valence electrons. The van der Waals surface area contributed by atoms with Crippen LogP contribution in [0.2, 0.25) is 0 Å². The summed E-state index contributed by atoms with van der Waals surface area (Å²) in [6.07, 6.45) is 0. The average molecular weight is 267 g/mol. The van der Waals surface area contributed by atoms with Crippen molar-refractivity contribution in [3.05, 3.63) is 23.8 Å². The molecule has 0 radical (unpaired) electrons. The van der Waals surface area contributed by atoms with Gasteiger partial charge in [0.15, 0.2) is 18.1 Å². The molecular formula is C14H21NO4. The van der Waals surface area contributed by atoms with Gasteiger partial charge in [-0.25, -0.2) is 4.79 Å². The van der Waals surface area contributed by atoms with Crippen LogP contribution < -0.4 is 14.8 Å². The summed E-state index contributed by atoms with van der Waals surface area (Å²) in [6.45, 7) is 6.60. The van der Waals surface area contributed by atoms with Gasteiger partial charge in [-0.1, -0.05) is 6.07 Å². The number of methoxy groups -OCH3 is 1. The SMILES string of the molecule is COc1cc(CNC(C)(C)C)ccc1OCC(=O)O. The molecule has 1 aromatic carbocycles. The minimum absolute atomic E-state index is 0.0334. The van der Waals surface area contributed by atoms with E-state index in [0.717, 1.165) is 5.56 Å². The molecule has 0 fully saturated rings. The van der Waals surface area contributed by atoms with Crippen molar-refractivity contribution < 1.29 is 19.4 Å². The second-order valence-electron chi connectivity index (χ2n) is 5.27. The Morgan fingerprint density at radius 2 is 2.00 bits per heavy atom. The van der Waals surface area contributed by atoms with Crippen molar-refractivity contribution in [1.82, 2.24) is 5.32 Å². The number of hydrogen-bond acceptors (Lipinski definition) is 4. The average Bonchev–Trinajstić information content (AvgIpc) is 2.33. The van der Waals surface area contributed by atoms with Gasteiger partial charge in [-0.2, -0.15) is 0 Å². The summed E-state index contributed by atoms with van der Waals surface area (Å²) >= 11 is 0. The minimum atomic E-state index is -1.01. The van der Waals surface area contributed by atoms with E-state index in [2.05, 4.69) is 26.1 Å². The second kappa shape index (κ2) is 6.43. The number of carboxylic acid groups (broad SMARTS) is 1. The van der Waals surface area contributed by atoms with Crippen LogP contribution in [0.1, 0.15) is 26.3 Å². The zero-order valence-corrected chi connectivity index (χ0v) is 11.8. The van der Waals surface area contributed by atoms with Crippen LogP contribution in [0.4, 0.5) is 0 Å². The number of benzene rings is 1. The maximum Gasteiger partial charge on any atom is 0.341 e. The Hall–Kier alpha value is -1.75. The van der Waals surface area contributed by atoms with Crippen molar-refractivity contribution in [2.24, 2.45) is 0 Å². The van der Waals surface area contributed by atoms with Gasteiger partial charge >= 0.3 is 5.97 Å². The molecule has 0 saturated carbocycles. The number of carboxylic acids is 1. The fourth-order valence-corrected chi connectivity index (χ4v) is 1.45. The fourth-order valence-electron chi connectivity index (χ4n) is 1.45. The number of aliphatic carboxylic acids is 1. The molecule has 0 bridgehead atoms. The quantitative estimate of drug-likeness (QED) is 0.825. The van der Waals surface area contributed by atoms with Crippen LogP contribution in [0.3, 0.4) is 0 Å². The zero-order chi connectivity index (χ0) is 14.5. The van der Waals surface area contributed by atoms with Gasteiger partial charge in [-0.15, -0.1) is 0 Å². The molecule has 19 heavy (non-hydrogen) atoms. The predicted octanol–water partition coefficient (Wildman–Crippen LogP) is 2.05. The van der Waals surface area contributed by atoms with E-state index in [1.807, 2.05) is 12.1 Å². The largest absolute Gasteiger partial charge is 0.493 e. The lowest BCUT2D eigenvalue weighted by Crippen LogP contribution is -2.35. The van der Waals surface area contributed by atoms with Crippen LogP contribution in [0, 0.1) is 0 Å². The molecule has 0 aliphatic rings. The lowest BCUT2D eigenvalue weighted by molar-refractivity contribution is -0.139. The van der Waals surface area contributed by atoms with Crippen LogP contribution in [-0.4, -0.2) is 30.3 Å². The number of carbonyl (C=O) groups is 1. The molecule has 5 heteroatoms. The number of ether oxygens (including phenoxy) is 2. The molecule has 0 unspecified atom stereocenters. The summed E-state index contributed by atoms with van der Waals surface area (Å²) in [6, 6.07) is 5.45. The van der Waals surface area contributed by atoms with E-state index in [9.17, 15) is 4.79 Å². The molecule has 0 spiro atoms. The van der Waals surface area contributed by atoms with E-state index in [-0.39, 0.29) is 12.1 Å². The first-order valence-electron chi connectivity index (χ1n) is 6.08. The van der Waals surface area contributed by atoms with Crippen LogP contribution in [0.5, 0.6) is 11.5 Å². The molecule has 1 rings (SSSR count). The molecule has 2 N–H and O–H groups in total. The first-order chi connectivity index (χ1) is 8.81. The molecule has 0 aliphatic carbocycles. The van der Waals surface area contributed by atoms with E-state index >= 15 is 0 Å². The summed E-state index contributed by atoms with van der Waals surface area (Å²) in [5.74, 6) is -0.0422. The summed E-state index contributed by atoms with van der Waals surface area (Å²) < 4.78 is 10.3.